The van der Waals surface area contributed by atoms with Gasteiger partial charge in [0.15, 0.2) is 11.5 Å². The first-order valence-corrected chi connectivity index (χ1v) is 10.1. The molecule has 0 saturated carbocycles. The van der Waals surface area contributed by atoms with Gasteiger partial charge in [-0.05, 0) is 44.2 Å². The number of fused-ring (bicyclic) bond motifs is 1. The zero-order chi connectivity index (χ0) is 19.3. The van der Waals surface area contributed by atoms with Crippen LogP contribution < -0.4 is 9.47 Å². The van der Waals surface area contributed by atoms with Crippen LogP contribution in [0.4, 0.5) is 0 Å². The number of amides is 1. The van der Waals surface area contributed by atoms with E-state index in [0.29, 0.717) is 13.2 Å². The Morgan fingerprint density at radius 2 is 2.00 bits per heavy atom. The Morgan fingerprint density at radius 3 is 2.79 bits per heavy atom. The van der Waals surface area contributed by atoms with Crippen LogP contribution >= 0.6 is 0 Å². The van der Waals surface area contributed by atoms with Crippen LogP contribution in [0.3, 0.4) is 0 Å². The van der Waals surface area contributed by atoms with Gasteiger partial charge in [0.05, 0.1) is 0 Å². The lowest BCUT2D eigenvalue weighted by Gasteiger charge is -2.32. The van der Waals surface area contributed by atoms with Crippen molar-refractivity contribution in [2.75, 3.05) is 13.4 Å². The lowest BCUT2D eigenvalue weighted by atomic mass is 10.0. The first kappa shape index (κ1) is 18.8. The molecular formula is C23H27NO4. The van der Waals surface area contributed by atoms with E-state index in [0.717, 1.165) is 42.7 Å². The molecule has 0 bridgehead atoms. The zero-order valence-electron chi connectivity index (χ0n) is 16.3. The molecule has 2 aliphatic rings. The summed E-state index contributed by atoms with van der Waals surface area (Å²) in [5.74, 6) is 1.58. The summed E-state index contributed by atoms with van der Waals surface area (Å²) in [4.78, 5) is 15.2. The maximum absolute atomic E-state index is 13.2. The third kappa shape index (κ3) is 4.14. The van der Waals surface area contributed by atoms with Crippen LogP contribution in [-0.2, 0) is 22.5 Å². The highest BCUT2D eigenvalue weighted by atomic mass is 16.7. The SMILES string of the molecule is C[C@@H](CCc1ccccc1)N(Cc1cccc2c1OCO2)C(=O)[C@@H]1CCCO1. The Bertz CT molecular complexity index is 802. The third-order valence-electron chi connectivity index (χ3n) is 5.53. The molecule has 5 nitrogen and oxygen atoms in total. The summed E-state index contributed by atoms with van der Waals surface area (Å²) in [6, 6.07) is 16.4. The van der Waals surface area contributed by atoms with Gasteiger partial charge >= 0.3 is 0 Å². The number of carbonyl (C=O) groups is 1. The molecule has 1 fully saturated rings. The molecule has 0 spiro atoms. The lowest BCUT2D eigenvalue weighted by Crippen LogP contribution is -2.44. The molecule has 2 aromatic carbocycles. The van der Waals surface area contributed by atoms with Crippen LogP contribution in [-0.4, -0.2) is 36.4 Å². The standard InChI is InChI=1S/C23H27NO4/c1-17(12-13-18-7-3-2-4-8-18)24(23(25)21-11-6-14-26-21)15-19-9-5-10-20-22(19)28-16-27-20/h2-5,7-10,17,21H,6,11-16H2,1H3/t17-,21-/m0/s1. The van der Waals surface area contributed by atoms with Crippen molar-refractivity contribution in [3.63, 3.8) is 0 Å². The number of para-hydroxylation sites is 1. The fraction of sp³-hybridized carbons (Fsp3) is 0.435. The molecule has 2 heterocycles. The van der Waals surface area contributed by atoms with Crippen molar-refractivity contribution < 1.29 is 19.0 Å². The predicted octanol–water partition coefficient (Wildman–Crippen LogP) is 3.94. The molecule has 28 heavy (non-hydrogen) atoms. The van der Waals surface area contributed by atoms with Crippen molar-refractivity contribution in [2.24, 2.45) is 0 Å². The van der Waals surface area contributed by atoms with Crippen LogP contribution in [0.5, 0.6) is 11.5 Å². The van der Waals surface area contributed by atoms with Crippen LogP contribution in [0, 0.1) is 0 Å². The summed E-state index contributed by atoms with van der Waals surface area (Å²) in [6.07, 6.45) is 3.25. The molecule has 4 rings (SSSR count). The minimum atomic E-state index is -0.326. The molecule has 1 saturated heterocycles. The van der Waals surface area contributed by atoms with E-state index in [1.54, 1.807) is 0 Å². The zero-order valence-corrected chi connectivity index (χ0v) is 16.3. The fourth-order valence-electron chi connectivity index (χ4n) is 3.88. The van der Waals surface area contributed by atoms with Crippen molar-refractivity contribution in [3.05, 3.63) is 59.7 Å². The number of ether oxygens (including phenoxy) is 3. The first-order valence-electron chi connectivity index (χ1n) is 10.1. The average molecular weight is 381 g/mol. The Labute approximate surface area is 166 Å². The van der Waals surface area contributed by atoms with Crippen molar-refractivity contribution in [3.8, 4) is 11.5 Å². The van der Waals surface area contributed by atoms with Gasteiger partial charge in [0.25, 0.3) is 5.91 Å². The van der Waals surface area contributed by atoms with Crippen molar-refractivity contribution in [1.82, 2.24) is 4.90 Å². The minimum Gasteiger partial charge on any atom is -0.454 e. The van der Waals surface area contributed by atoms with E-state index in [1.807, 2.05) is 29.2 Å². The highest BCUT2D eigenvalue weighted by Crippen LogP contribution is 2.36. The van der Waals surface area contributed by atoms with Crippen molar-refractivity contribution in [2.45, 2.75) is 51.3 Å². The van der Waals surface area contributed by atoms with Gasteiger partial charge in [-0.1, -0.05) is 42.5 Å². The van der Waals surface area contributed by atoms with E-state index in [2.05, 4.69) is 31.2 Å². The van der Waals surface area contributed by atoms with E-state index >= 15 is 0 Å². The number of carbonyl (C=O) groups excluding carboxylic acids is 1. The monoisotopic (exact) mass is 381 g/mol. The smallest absolute Gasteiger partial charge is 0.252 e. The highest BCUT2D eigenvalue weighted by Gasteiger charge is 2.32. The van der Waals surface area contributed by atoms with Crippen molar-refractivity contribution in [1.29, 1.82) is 0 Å². The Morgan fingerprint density at radius 1 is 1.14 bits per heavy atom. The molecule has 2 aliphatic heterocycles. The number of aryl methyl sites for hydroxylation is 1. The second-order valence-corrected chi connectivity index (χ2v) is 7.49. The number of rotatable bonds is 7. The van der Waals surface area contributed by atoms with Crippen LogP contribution in [0.1, 0.15) is 37.3 Å². The summed E-state index contributed by atoms with van der Waals surface area (Å²) in [6.45, 7) is 3.52. The molecule has 2 atom stereocenters. The minimum absolute atomic E-state index is 0.0783. The van der Waals surface area contributed by atoms with Crippen LogP contribution in [0.2, 0.25) is 0 Å². The second-order valence-electron chi connectivity index (χ2n) is 7.49. The lowest BCUT2D eigenvalue weighted by molar-refractivity contribution is -0.143. The molecule has 0 aliphatic carbocycles. The third-order valence-corrected chi connectivity index (χ3v) is 5.53. The summed E-state index contributed by atoms with van der Waals surface area (Å²) in [5, 5.41) is 0. The molecule has 0 unspecified atom stereocenters. The quantitative estimate of drug-likeness (QED) is 0.729. The Balaban J connectivity index is 1.51. The van der Waals surface area contributed by atoms with E-state index in [1.165, 1.54) is 5.56 Å². The summed E-state index contributed by atoms with van der Waals surface area (Å²) >= 11 is 0. The molecule has 5 heteroatoms. The molecule has 0 N–H and O–H groups in total. The normalized spacial score (nSPS) is 18.8. The first-order chi connectivity index (χ1) is 13.7. The second kappa shape index (κ2) is 8.65. The van der Waals surface area contributed by atoms with E-state index < -0.39 is 0 Å². The van der Waals surface area contributed by atoms with Gasteiger partial charge < -0.3 is 19.1 Å². The number of hydrogen-bond donors (Lipinski definition) is 0. The Hall–Kier alpha value is -2.53. The summed E-state index contributed by atoms with van der Waals surface area (Å²) in [7, 11) is 0. The van der Waals surface area contributed by atoms with Gasteiger partial charge in [0.2, 0.25) is 6.79 Å². The van der Waals surface area contributed by atoms with Gasteiger partial charge in [-0.2, -0.15) is 0 Å². The van der Waals surface area contributed by atoms with Gasteiger partial charge in [-0.25, -0.2) is 0 Å². The maximum Gasteiger partial charge on any atom is 0.252 e. The molecule has 0 aromatic heterocycles. The topological polar surface area (TPSA) is 48.0 Å². The number of hydrogen-bond acceptors (Lipinski definition) is 4. The van der Waals surface area contributed by atoms with Gasteiger partial charge in [0.1, 0.15) is 6.10 Å². The van der Waals surface area contributed by atoms with Crippen molar-refractivity contribution >= 4 is 5.91 Å². The molecule has 148 valence electrons. The summed E-state index contributed by atoms with van der Waals surface area (Å²) in [5.41, 5.74) is 2.27. The molecule has 1 amide bonds. The predicted molar refractivity (Wildman–Crippen MR) is 106 cm³/mol. The fourth-order valence-corrected chi connectivity index (χ4v) is 3.88. The number of benzene rings is 2. The van der Waals surface area contributed by atoms with Gasteiger partial charge in [-0.3, -0.25) is 4.79 Å². The maximum atomic E-state index is 13.2. The van der Waals surface area contributed by atoms with E-state index in [-0.39, 0.29) is 24.8 Å². The molecule has 2 aromatic rings. The van der Waals surface area contributed by atoms with E-state index in [9.17, 15) is 4.79 Å². The van der Waals surface area contributed by atoms with E-state index in [4.69, 9.17) is 14.2 Å². The van der Waals surface area contributed by atoms with Crippen LogP contribution in [0.15, 0.2) is 48.5 Å². The Kier molecular flexibility index (Phi) is 5.81. The molecule has 0 radical (unpaired) electrons. The van der Waals surface area contributed by atoms with Gasteiger partial charge in [-0.15, -0.1) is 0 Å². The highest BCUT2D eigenvalue weighted by molar-refractivity contribution is 5.81. The molecular weight excluding hydrogens is 354 g/mol. The average Bonchev–Trinajstić information content (AvgIpc) is 3.42. The van der Waals surface area contributed by atoms with Crippen LogP contribution in [0.25, 0.3) is 0 Å². The summed E-state index contributed by atoms with van der Waals surface area (Å²) < 4.78 is 16.8. The largest absolute Gasteiger partial charge is 0.454 e. The van der Waals surface area contributed by atoms with Gasteiger partial charge in [0, 0.05) is 24.8 Å². The number of nitrogens with zero attached hydrogens (tertiary/aromatic N) is 1.